The average Bonchev–Trinajstić information content (AvgIpc) is 2.89. The number of aromatic nitrogens is 4. The first kappa shape index (κ1) is 20.7. The van der Waals surface area contributed by atoms with Gasteiger partial charge in [-0.2, -0.15) is 9.40 Å². The summed E-state index contributed by atoms with van der Waals surface area (Å²) in [5.41, 5.74) is 2.87. The molecule has 1 unspecified atom stereocenters. The lowest BCUT2D eigenvalue weighted by Crippen LogP contribution is -2.44. The van der Waals surface area contributed by atoms with Gasteiger partial charge in [-0.1, -0.05) is 0 Å². The molecule has 0 aromatic carbocycles. The summed E-state index contributed by atoms with van der Waals surface area (Å²) in [5.74, 6) is 0. The predicted octanol–water partition coefficient (Wildman–Crippen LogP) is 2.72. The van der Waals surface area contributed by atoms with Crippen LogP contribution in [0.5, 0.6) is 6.01 Å². The van der Waals surface area contributed by atoms with Gasteiger partial charge in [0, 0.05) is 24.0 Å². The van der Waals surface area contributed by atoms with E-state index >= 15 is 0 Å². The molecule has 1 aliphatic heterocycles. The minimum absolute atomic E-state index is 0.0989. The van der Waals surface area contributed by atoms with Gasteiger partial charge in [0.05, 0.1) is 17.9 Å². The minimum Gasteiger partial charge on any atom is -0.459 e. The van der Waals surface area contributed by atoms with Crippen LogP contribution in [0.2, 0.25) is 0 Å². The summed E-state index contributed by atoms with van der Waals surface area (Å²) >= 11 is 0. The van der Waals surface area contributed by atoms with Crippen molar-refractivity contribution in [3.63, 3.8) is 0 Å². The maximum Gasteiger partial charge on any atom is 0.317 e. The first-order valence-electron chi connectivity index (χ1n) is 9.64. The fourth-order valence-electron chi connectivity index (χ4n) is 3.77. The van der Waals surface area contributed by atoms with Gasteiger partial charge in [0.2, 0.25) is 10.0 Å². The van der Waals surface area contributed by atoms with Crippen molar-refractivity contribution in [1.29, 1.82) is 0 Å². The molecular weight excluding hydrogens is 378 g/mol. The van der Waals surface area contributed by atoms with E-state index in [1.165, 1.54) is 4.31 Å². The van der Waals surface area contributed by atoms with Gasteiger partial charge in [0.1, 0.15) is 11.0 Å². The molecule has 3 heterocycles. The number of nitrogens with zero attached hydrogens (tertiary/aromatic N) is 5. The minimum atomic E-state index is -3.65. The Balaban J connectivity index is 1.83. The third-order valence-electron chi connectivity index (χ3n) is 4.92. The highest BCUT2D eigenvalue weighted by Gasteiger charge is 2.35. The molecule has 2 aromatic rings. The molecule has 154 valence electrons. The van der Waals surface area contributed by atoms with E-state index in [2.05, 4.69) is 15.1 Å². The lowest BCUT2D eigenvalue weighted by molar-refractivity contribution is 0.118. The number of aryl methyl sites for hydroxylation is 3. The van der Waals surface area contributed by atoms with E-state index < -0.39 is 10.0 Å². The Kier molecular flexibility index (Phi) is 5.77. The van der Waals surface area contributed by atoms with E-state index in [-0.39, 0.29) is 18.7 Å². The van der Waals surface area contributed by atoms with Crippen molar-refractivity contribution in [2.75, 3.05) is 13.1 Å². The van der Waals surface area contributed by atoms with Crippen molar-refractivity contribution >= 4 is 10.0 Å². The molecule has 1 atom stereocenters. The van der Waals surface area contributed by atoms with Crippen LogP contribution < -0.4 is 4.74 Å². The van der Waals surface area contributed by atoms with Crippen molar-refractivity contribution in [2.45, 2.75) is 71.4 Å². The van der Waals surface area contributed by atoms with Crippen LogP contribution in [-0.4, -0.2) is 51.7 Å². The van der Waals surface area contributed by atoms with E-state index in [1.54, 1.807) is 11.6 Å². The number of piperidine rings is 1. The normalized spacial score (nSPS) is 18.6. The lowest BCUT2D eigenvalue weighted by Gasteiger charge is -2.31. The standard InChI is InChI=1S/C19H29N5O3S/c1-12(2)24-16(6)18(15(5)22-24)28(25,26)23-9-7-8-17(11-23)27-19-20-13(3)10-14(4)21-19/h10,12,17H,7-9,11H2,1-6H3. The van der Waals surface area contributed by atoms with Crippen molar-refractivity contribution in [1.82, 2.24) is 24.1 Å². The van der Waals surface area contributed by atoms with Gasteiger partial charge in [0.15, 0.2) is 0 Å². The third-order valence-corrected chi connectivity index (χ3v) is 7.04. The Bertz CT molecular complexity index is 948. The molecule has 1 fully saturated rings. The fraction of sp³-hybridized carbons (Fsp3) is 0.632. The molecule has 1 aliphatic rings. The molecule has 9 heteroatoms. The molecule has 0 N–H and O–H groups in total. The number of hydrogen-bond donors (Lipinski definition) is 0. The molecule has 0 radical (unpaired) electrons. The first-order chi connectivity index (χ1) is 13.1. The van der Waals surface area contributed by atoms with Crippen molar-refractivity contribution in [3.05, 3.63) is 28.8 Å². The smallest absolute Gasteiger partial charge is 0.317 e. The van der Waals surface area contributed by atoms with Crippen LogP contribution in [0.3, 0.4) is 0 Å². The average molecular weight is 408 g/mol. The maximum absolute atomic E-state index is 13.4. The topological polar surface area (TPSA) is 90.2 Å². The summed E-state index contributed by atoms with van der Waals surface area (Å²) in [6.07, 6.45) is 1.22. The lowest BCUT2D eigenvalue weighted by atomic mass is 10.1. The molecule has 8 nitrogen and oxygen atoms in total. The van der Waals surface area contributed by atoms with Crippen molar-refractivity contribution < 1.29 is 13.2 Å². The Morgan fingerprint density at radius 2 is 1.79 bits per heavy atom. The van der Waals surface area contributed by atoms with Crippen LogP contribution in [-0.2, 0) is 10.0 Å². The monoisotopic (exact) mass is 407 g/mol. The first-order valence-corrected chi connectivity index (χ1v) is 11.1. The second kappa shape index (κ2) is 7.79. The summed E-state index contributed by atoms with van der Waals surface area (Å²) in [5, 5.41) is 4.44. The zero-order valence-electron chi connectivity index (χ0n) is 17.4. The van der Waals surface area contributed by atoms with Crippen molar-refractivity contribution in [2.24, 2.45) is 0 Å². The van der Waals surface area contributed by atoms with E-state index in [0.717, 1.165) is 24.2 Å². The van der Waals surface area contributed by atoms with Crippen LogP contribution in [0.1, 0.15) is 55.5 Å². The van der Waals surface area contributed by atoms with Crippen LogP contribution in [0.15, 0.2) is 11.0 Å². The maximum atomic E-state index is 13.4. The van der Waals surface area contributed by atoms with E-state index in [1.807, 2.05) is 40.7 Å². The van der Waals surface area contributed by atoms with E-state index in [0.29, 0.717) is 28.8 Å². The number of sulfonamides is 1. The second-order valence-corrected chi connectivity index (χ2v) is 9.59. The van der Waals surface area contributed by atoms with Crippen molar-refractivity contribution in [3.8, 4) is 6.01 Å². The van der Waals surface area contributed by atoms with E-state index in [4.69, 9.17) is 4.74 Å². The fourth-order valence-corrected chi connectivity index (χ4v) is 5.64. The molecule has 0 bridgehead atoms. The molecule has 2 aromatic heterocycles. The van der Waals surface area contributed by atoms with Crippen LogP contribution >= 0.6 is 0 Å². The molecule has 3 rings (SSSR count). The van der Waals surface area contributed by atoms with Gasteiger partial charge in [-0.05, 0) is 60.5 Å². The molecule has 0 spiro atoms. The van der Waals surface area contributed by atoms with Gasteiger partial charge in [0.25, 0.3) is 0 Å². The van der Waals surface area contributed by atoms with Gasteiger partial charge in [-0.3, -0.25) is 4.68 Å². The molecule has 0 saturated carbocycles. The summed E-state index contributed by atoms with van der Waals surface area (Å²) in [6.45, 7) is 12.1. The highest BCUT2D eigenvalue weighted by atomic mass is 32.2. The molecule has 0 aliphatic carbocycles. The van der Waals surface area contributed by atoms with Gasteiger partial charge >= 0.3 is 6.01 Å². The molecule has 0 amide bonds. The number of hydrogen-bond acceptors (Lipinski definition) is 6. The SMILES string of the molecule is Cc1cc(C)nc(OC2CCCN(S(=O)(=O)c3c(C)nn(C(C)C)c3C)C2)n1. The zero-order chi connectivity index (χ0) is 20.6. The van der Waals surface area contributed by atoms with Crippen LogP contribution in [0, 0.1) is 27.7 Å². The number of ether oxygens (including phenoxy) is 1. The summed E-state index contributed by atoms with van der Waals surface area (Å²) in [4.78, 5) is 8.93. The highest BCUT2D eigenvalue weighted by molar-refractivity contribution is 7.89. The Morgan fingerprint density at radius 3 is 2.36 bits per heavy atom. The van der Waals surface area contributed by atoms with Gasteiger partial charge in [-0.25, -0.2) is 18.4 Å². The largest absolute Gasteiger partial charge is 0.459 e. The Morgan fingerprint density at radius 1 is 1.14 bits per heavy atom. The van der Waals surface area contributed by atoms with Gasteiger partial charge in [-0.15, -0.1) is 0 Å². The highest BCUT2D eigenvalue weighted by Crippen LogP contribution is 2.28. The third kappa shape index (κ3) is 4.05. The summed E-state index contributed by atoms with van der Waals surface area (Å²) < 4.78 is 35.9. The summed E-state index contributed by atoms with van der Waals surface area (Å²) in [6, 6.07) is 2.28. The predicted molar refractivity (Wildman–Crippen MR) is 106 cm³/mol. The molecular formula is C19H29N5O3S. The van der Waals surface area contributed by atoms with E-state index in [9.17, 15) is 8.42 Å². The molecule has 28 heavy (non-hydrogen) atoms. The van der Waals surface area contributed by atoms with Crippen LogP contribution in [0.25, 0.3) is 0 Å². The zero-order valence-corrected chi connectivity index (χ0v) is 18.2. The molecule has 1 saturated heterocycles. The quantitative estimate of drug-likeness (QED) is 0.757. The Hall–Kier alpha value is -2.00. The second-order valence-electron chi connectivity index (χ2n) is 7.72. The number of rotatable bonds is 5. The summed E-state index contributed by atoms with van der Waals surface area (Å²) in [7, 11) is -3.65. The van der Waals surface area contributed by atoms with Gasteiger partial charge < -0.3 is 4.74 Å². The van der Waals surface area contributed by atoms with Crippen LogP contribution in [0.4, 0.5) is 0 Å². The Labute approximate surface area is 167 Å².